The van der Waals surface area contributed by atoms with Crippen molar-refractivity contribution in [1.82, 2.24) is 0 Å². The Bertz CT molecular complexity index is 736. The Balaban J connectivity index is 0.000000280. The summed E-state index contributed by atoms with van der Waals surface area (Å²) >= 11 is 0. The van der Waals surface area contributed by atoms with Gasteiger partial charge in [-0.15, -0.1) is 26.3 Å². The van der Waals surface area contributed by atoms with E-state index in [0.29, 0.717) is 0 Å². The van der Waals surface area contributed by atoms with Crippen LogP contribution < -0.4 is 9.47 Å². The third-order valence-electron chi connectivity index (χ3n) is 2.56. The summed E-state index contributed by atoms with van der Waals surface area (Å²) in [7, 11) is 0. The minimum absolute atomic E-state index is 0.292. The van der Waals surface area contributed by atoms with E-state index >= 15 is 0 Å². The molecule has 0 fully saturated rings. The van der Waals surface area contributed by atoms with E-state index in [0.717, 1.165) is 48.5 Å². The smallest absolute Gasteiger partial charge is 0.406 e. The Hall–Kier alpha value is -3.58. The molecule has 2 aromatic rings. The minimum Gasteiger partial charge on any atom is -0.406 e. The van der Waals surface area contributed by atoms with Crippen molar-refractivity contribution in [3.63, 3.8) is 0 Å². The molecule has 0 N–H and O–H groups in total. The molecule has 14 heteroatoms. The Labute approximate surface area is 151 Å². The highest BCUT2D eigenvalue weighted by molar-refractivity contribution is 5.36. The van der Waals surface area contributed by atoms with Gasteiger partial charge in [0.1, 0.15) is 11.5 Å². The van der Waals surface area contributed by atoms with Crippen LogP contribution in [0.3, 0.4) is 0 Å². The van der Waals surface area contributed by atoms with Crippen molar-refractivity contribution < 1.29 is 45.7 Å². The first-order valence-electron chi connectivity index (χ1n) is 6.77. The van der Waals surface area contributed by atoms with Crippen LogP contribution in [0, 0.1) is 20.2 Å². The molecule has 152 valence electrons. The highest BCUT2D eigenvalue weighted by Crippen LogP contribution is 2.25. The highest BCUT2D eigenvalue weighted by Gasteiger charge is 2.31. The van der Waals surface area contributed by atoms with Crippen molar-refractivity contribution in [2.75, 3.05) is 0 Å². The maximum absolute atomic E-state index is 11.6. The quantitative estimate of drug-likeness (QED) is 0.397. The predicted octanol–water partition coefficient (Wildman–Crippen LogP) is 4.99. The molecular formula is C14H8F6N2O6. The molecule has 0 unspecified atom stereocenters. The maximum Gasteiger partial charge on any atom is 0.573 e. The largest absolute Gasteiger partial charge is 0.573 e. The normalized spacial score (nSPS) is 11.1. The van der Waals surface area contributed by atoms with Gasteiger partial charge < -0.3 is 9.47 Å². The molecular weight excluding hydrogens is 406 g/mol. The Morgan fingerprint density at radius 3 is 1.04 bits per heavy atom. The lowest BCUT2D eigenvalue weighted by molar-refractivity contribution is -0.385. The van der Waals surface area contributed by atoms with E-state index in [2.05, 4.69) is 9.47 Å². The molecule has 0 aliphatic heterocycles. The molecule has 0 spiro atoms. The van der Waals surface area contributed by atoms with Gasteiger partial charge in [0.25, 0.3) is 11.4 Å². The Kier molecular flexibility index (Phi) is 7.12. The van der Waals surface area contributed by atoms with Crippen LogP contribution >= 0.6 is 0 Å². The van der Waals surface area contributed by atoms with Gasteiger partial charge in [0, 0.05) is 24.3 Å². The average molecular weight is 414 g/mol. The zero-order chi connectivity index (χ0) is 21.5. The van der Waals surface area contributed by atoms with Crippen molar-refractivity contribution in [2.45, 2.75) is 12.7 Å². The Morgan fingerprint density at radius 2 is 0.857 bits per heavy atom. The number of ether oxygens (including phenoxy) is 2. The lowest BCUT2D eigenvalue weighted by Gasteiger charge is -2.07. The third-order valence-corrected chi connectivity index (χ3v) is 2.56. The topological polar surface area (TPSA) is 105 Å². The Morgan fingerprint density at radius 1 is 0.607 bits per heavy atom. The van der Waals surface area contributed by atoms with Crippen LogP contribution in [0.15, 0.2) is 48.5 Å². The van der Waals surface area contributed by atoms with Gasteiger partial charge in [-0.1, -0.05) is 0 Å². The fourth-order valence-corrected chi connectivity index (χ4v) is 1.54. The summed E-state index contributed by atoms with van der Waals surface area (Å²) < 4.78 is 76.9. The van der Waals surface area contributed by atoms with Gasteiger partial charge in [0.15, 0.2) is 0 Å². The highest BCUT2D eigenvalue weighted by atomic mass is 19.4. The van der Waals surface area contributed by atoms with Crippen LogP contribution in [-0.2, 0) is 0 Å². The van der Waals surface area contributed by atoms with Crippen molar-refractivity contribution in [2.24, 2.45) is 0 Å². The fraction of sp³-hybridized carbons (Fsp3) is 0.143. The number of alkyl halides is 6. The van der Waals surface area contributed by atoms with Gasteiger partial charge in [-0.2, -0.15) is 0 Å². The van der Waals surface area contributed by atoms with Gasteiger partial charge in [-0.05, 0) is 24.3 Å². The van der Waals surface area contributed by atoms with E-state index in [1.165, 1.54) is 0 Å². The number of nitro benzene ring substituents is 2. The molecule has 0 aromatic heterocycles. The van der Waals surface area contributed by atoms with Crippen LogP contribution in [-0.4, -0.2) is 22.6 Å². The molecule has 0 atom stereocenters. The van der Waals surface area contributed by atoms with E-state index in [-0.39, 0.29) is 11.4 Å². The second-order valence-electron chi connectivity index (χ2n) is 4.60. The van der Waals surface area contributed by atoms with E-state index < -0.39 is 34.1 Å². The van der Waals surface area contributed by atoms with Gasteiger partial charge >= 0.3 is 12.7 Å². The summed E-state index contributed by atoms with van der Waals surface area (Å²) in [6.45, 7) is 0. The summed E-state index contributed by atoms with van der Waals surface area (Å²) in [5, 5.41) is 20.3. The molecule has 28 heavy (non-hydrogen) atoms. The molecule has 8 nitrogen and oxygen atoms in total. The molecule has 2 aromatic carbocycles. The van der Waals surface area contributed by atoms with Crippen LogP contribution in [0.2, 0.25) is 0 Å². The van der Waals surface area contributed by atoms with E-state index in [1.54, 1.807) is 0 Å². The summed E-state index contributed by atoms with van der Waals surface area (Å²) in [6, 6.07) is 7.25. The lowest BCUT2D eigenvalue weighted by Crippen LogP contribution is -2.16. The number of non-ortho nitro benzene ring substituents is 2. The SMILES string of the molecule is O=[N+]([O-])c1ccc(OC(F)(F)F)cc1.O=[N+]([O-])c1ccc(OC(F)(F)F)cc1. The molecule has 0 saturated carbocycles. The van der Waals surface area contributed by atoms with Crippen LogP contribution in [0.4, 0.5) is 37.7 Å². The molecule has 0 heterocycles. The van der Waals surface area contributed by atoms with Crippen molar-refractivity contribution in [1.29, 1.82) is 0 Å². The van der Waals surface area contributed by atoms with E-state index in [4.69, 9.17) is 0 Å². The number of benzene rings is 2. The number of nitrogens with zero attached hydrogens (tertiary/aromatic N) is 2. The first-order valence-corrected chi connectivity index (χ1v) is 6.77. The summed E-state index contributed by atoms with van der Waals surface area (Å²) in [4.78, 5) is 18.9. The second kappa shape index (κ2) is 8.88. The predicted molar refractivity (Wildman–Crippen MR) is 79.6 cm³/mol. The van der Waals surface area contributed by atoms with Crippen LogP contribution in [0.25, 0.3) is 0 Å². The molecule has 0 amide bonds. The first kappa shape index (κ1) is 22.5. The summed E-state index contributed by atoms with van der Waals surface area (Å²) in [6.07, 6.45) is -9.56. The zero-order valence-electron chi connectivity index (χ0n) is 13.2. The third kappa shape index (κ3) is 8.68. The number of halogens is 6. The second-order valence-corrected chi connectivity index (χ2v) is 4.60. The zero-order valence-corrected chi connectivity index (χ0v) is 13.2. The average Bonchev–Trinajstić information content (AvgIpc) is 2.53. The van der Waals surface area contributed by atoms with Crippen molar-refractivity contribution >= 4 is 11.4 Å². The van der Waals surface area contributed by atoms with Crippen molar-refractivity contribution in [3.8, 4) is 11.5 Å². The van der Waals surface area contributed by atoms with Gasteiger partial charge in [0.2, 0.25) is 0 Å². The molecule has 0 aliphatic rings. The van der Waals surface area contributed by atoms with Gasteiger partial charge in [0.05, 0.1) is 9.85 Å². The lowest BCUT2D eigenvalue weighted by atomic mass is 10.3. The van der Waals surface area contributed by atoms with Crippen molar-refractivity contribution in [3.05, 3.63) is 68.8 Å². The summed E-state index contributed by atoms with van der Waals surface area (Å²) in [5.74, 6) is -0.966. The number of nitro groups is 2. The van der Waals surface area contributed by atoms with E-state index in [1.807, 2.05) is 0 Å². The molecule has 0 saturated heterocycles. The standard InChI is InChI=1S/2C7H4F3NO3/c2*8-7(9,10)14-6-3-1-5(2-4-6)11(12)13/h2*1-4H. The number of hydrogen-bond donors (Lipinski definition) is 0. The van der Waals surface area contributed by atoms with Crippen LogP contribution in [0.1, 0.15) is 0 Å². The van der Waals surface area contributed by atoms with Crippen LogP contribution in [0.5, 0.6) is 11.5 Å². The van der Waals surface area contributed by atoms with E-state index in [9.17, 15) is 46.6 Å². The monoisotopic (exact) mass is 414 g/mol. The first-order chi connectivity index (χ1) is 12.8. The molecule has 0 radical (unpaired) electrons. The van der Waals surface area contributed by atoms with Gasteiger partial charge in [-0.25, -0.2) is 0 Å². The minimum atomic E-state index is -4.78. The fourth-order valence-electron chi connectivity index (χ4n) is 1.54. The maximum atomic E-state index is 11.6. The molecule has 0 aliphatic carbocycles. The number of hydrogen-bond acceptors (Lipinski definition) is 6. The summed E-state index contributed by atoms with van der Waals surface area (Å²) in [5.41, 5.74) is -0.584. The number of rotatable bonds is 4. The van der Waals surface area contributed by atoms with Gasteiger partial charge in [-0.3, -0.25) is 20.2 Å². The molecule has 0 bridgehead atoms. The molecule has 2 rings (SSSR count).